The van der Waals surface area contributed by atoms with Crippen molar-refractivity contribution in [1.29, 1.82) is 0 Å². The molecule has 32 heavy (non-hydrogen) atoms. The molecule has 5 nitrogen and oxygen atoms in total. The molecule has 1 aromatic heterocycles. The molecular formula is C24H18F3N3O2. The summed E-state index contributed by atoms with van der Waals surface area (Å²) in [5, 5.41) is 2.59. The molecule has 1 N–H and O–H groups in total. The molecular weight excluding hydrogens is 419 g/mol. The van der Waals surface area contributed by atoms with Gasteiger partial charge in [0, 0.05) is 5.56 Å². The van der Waals surface area contributed by atoms with E-state index >= 15 is 0 Å². The predicted molar refractivity (Wildman–Crippen MR) is 116 cm³/mol. The number of benzene rings is 3. The Morgan fingerprint density at radius 2 is 1.62 bits per heavy atom. The third kappa shape index (κ3) is 4.25. The summed E-state index contributed by atoms with van der Waals surface area (Å²) < 4.78 is 41.0. The maximum absolute atomic E-state index is 13.3. The lowest BCUT2D eigenvalue weighted by molar-refractivity contribution is -0.137. The van der Waals surface area contributed by atoms with Gasteiger partial charge in [-0.1, -0.05) is 54.1 Å². The van der Waals surface area contributed by atoms with Gasteiger partial charge in [0.05, 0.1) is 22.2 Å². The highest BCUT2D eigenvalue weighted by molar-refractivity contribution is 5.92. The Morgan fingerprint density at radius 1 is 0.969 bits per heavy atom. The zero-order chi connectivity index (χ0) is 22.9. The van der Waals surface area contributed by atoms with E-state index in [1.54, 1.807) is 36.4 Å². The van der Waals surface area contributed by atoms with E-state index in [2.05, 4.69) is 10.3 Å². The molecule has 0 bridgehead atoms. The topological polar surface area (TPSA) is 64.0 Å². The second-order valence-electron chi connectivity index (χ2n) is 7.30. The molecule has 1 amide bonds. The molecule has 0 unspecified atom stereocenters. The molecule has 3 aromatic carbocycles. The van der Waals surface area contributed by atoms with Crippen molar-refractivity contribution < 1.29 is 18.0 Å². The van der Waals surface area contributed by atoms with Gasteiger partial charge in [-0.2, -0.15) is 13.2 Å². The highest BCUT2D eigenvalue weighted by Gasteiger charge is 2.33. The molecule has 8 heteroatoms. The van der Waals surface area contributed by atoms with E-state index in [1.165, 1.54) is 22.8 Å². The molecule has 0 aliphatic rings. The average Bonchev–Trinajstić information content (AvgIpc) is 2.76. The van der Waals surface area contributed by atoms with Crippen LogP contribution in [0.4, 0.5) is 18.9 Å². The average molecular weight is 437 g/mol. The number of nitrogens with zero attached hydrogens (tertiary/aromatic N) is 2. The minimum absolute atomic E-state index is 0.257. The van der Waals surface area contributed by atoms with Crippen molar-refractivity contribution >= 4 is 22.5 Å². The Balaban J connectivity index is 1.77. The fourth-order valence-electron chi connectivity index (χ4n) is 3.41. The molecule has 0 aliphatic carbocycles. The third-order valence-corrected chi connectivity index (χ3v) is 4.98. The van der Waals surface area contributed by atoms with Crippen LogP contribution in [0.3, 0.4) is 0 Å². The number of carbonyl (C=O) groups excluding carboxylic acids is 1. The van der Waals surface area contributed by atoms with E-state index in [0.717, 1.165) is 11.6 Å². The number of aryl methyl sites for hydroxylation is 1. The third-order valence-electron chi connectivity index (χ3n) is 4.98. The number of hydrogen-bond donors (Lipinski definition) is 1. The van der Waals surface area contributed by atoms with E-state index in [9.17, 15) is 22.8 Å². The van der Waals surface area contributed by atoms with Crippen LogP contribution in [-0.2, 0) is 17.5 Å². The molecule has 162 valence electrons. The lowest BCUT2D eigenvalue weighted by Gasteiger charge is -2.16. The van der Waals surface area contributed by atoms with Crippen molar-refractivity contribution in [3.63, 3.8) is 0 Å². The quantitative estimate of drug-likeness (QED) is 0.487. The first-order valence-corrected chi connectivity index (χ1v) is 9.77. The zero-order valence-electron chi connectivity index (χ0n) is 17.0. The van der Waals surface area contributed by atoms with E-state index in [0.29, 0.717) is 16.5 Å². The Hall–Kier alpha value is -3.94. The maximum Gasteiger partial charge on any atom is 0.418 e. The fourth-order valence-corrected chi connectivity index (χ4v) is 3.41. The molecule has 0 aliphatic heterocycles. The van der Waals surface area contributed by atoms with Gasteiger partial charge >= 0.3 is 6.18 Å². The van der Waals surface area contributed by atoms with Crippen LogP contribution >= 0.6 is 0 Å². The van der Waals surface area contributed by atoms with Crippen molar-refractivity contribution in [2.75, 3.05) is 5.32 Å². The number of hydrogen-bond acceptors (Lipinski definition) is 3. The van der Waals surface area contributed by atoms with Crippen LogP contribution in [0.25, 0.3) is 22.3 Å². The Kier molecular flexibility index (Phi) is 5.52. The van der Waals surface area contributed by atoms with Crippen LogP contribution in [0.2, 0.25) is 0 Å². The van der Waals surface area contributed by atoms with E-state index in [4.69, 9.17) is 0 Å². The monoisotopic (exact) mass is 437 g/mol. The number of rotatable bonds is 4. The van der Waals surface area contributed by atoms with Crippen molar-refractivity contribution in [2.24, 2.45) is 0 Å². The second-order valence-corrected chi connectivity index (χ2v) is 7.30. The van der Waals surface area contributed by atoms with Crippen LogP contribution in [0.15, 0.2) is 77.6 Å². The number of fused-ring (bicyclic) bond motifs is 1. The molecule has 4 rings (SSSR count). The van der Waals surface area contributed by atoms with Gasteiger partial charge in [0.25, 0.3) is 5.56 Å². The largest absolute Gasteiger partial charge is 0.418 e. The zero-order valence-corrected chi connectivity index (χ0v) is 17.0. The van der Waals surface area contributed by atoms with Gasteiger partial charge in [0.2, 0.25) is 5.91 Å². The summed E-state index contributed by atoms with van der Waals surface area (Å²) >= 11 is 0. The number of aromatic nitrogens is 2. The van der Waals surface area contributed by atoms with Gasteiger partial charge in [-0.15, -0.1) is 0 Å². The van der Waals surface area contributed by atoms with E-state index in [-0.39, 0.29) is 11.5 Å². The number of alkyl halides is 3. The molecule has 4 aromatic rings. The molecule has 0 fully saturated rings. The van der Waals surface area contributed by atoms with E-state index in [1.807, 2.05) is 19.1 Å². The van der Waals surface area contributed by atoms with Gasteiger partial charge in [0.15, 0.2) is 0 Å². The summed E-state index contributed by atoms with van der Waals surface area (Å²) in [6.07, 6.45) is -4.63. The number of carbonyl (C=O) groups is 1. The normalized spacial score (nSPS) is 11.5. The minimum atomic E-state index is -4.63. The number of anilines is 1. The number of halogens is 3. The predicted octanol–water partition coefficient (Wildman–Crippen LogP) is 5.03. The first-order chi connectivity index (χ1) is 15.2. The lowest BCUT2D eigenvalue weighted by atomic mass is 10.1. The molecule has 0 atom stereocenters. The summed E-state index contributed by atoms with van der Waals surface area (Å²) in [6, 6.07) is 18.7. The Bertz CT molecular complexity index is 1360. The minimum Gasteiger partial charge on any atom is -0.324 e. The highest BCUT2D eigenvalue weighted by Crippen LogP contribution is 2.34. The maximum atomic E-state index is 13.3. The van der Waals surface area contributed by atoms with Gasteiger partial charge in [-0.3, -0.25) is 14.2 Å². The van der Waals surface area contributed by atoms with Crippen LogP contribution in [0, 0.1) is 6.92 Å². The van der Waals surface area contributed by atoms with Crippen LogP contribution in [0.1, 0.15) is 11.1 Å². The standard InChI is InChI=1S/C24H18F3N3O2/c1-15-10-12-16(13-11-15)22-29-19-8-4-2-6-17(19)23(32)30(22)14-21(31)28-20-9-5-3-7-18(20)24(25,26)27/h2-13H,14H2,1H3,(H,28,31). The van der Waals surface area contributed by atoms with Gasteiger partial charge in [-0.05, 0) is 31.2 Å². The van der Waals surface area contributed by atoms with E-state index < -0.39 is 29.8 Å². The SMILES string of the molecule is Cc1ccc(-c2nc3ccccc3c(=O)n2CC(=O)Nc2ccccc2C(F)(F)F)cc1. The Morgan fingerprint density at radius 3 is 2.34 bits per heavy atom. The summed E-state index contributed by atoms with van der Waals surface area (Å²) in [7, 11) is 0. The molecule has 0 saturated heterocycles. The summed E-state index contributed by atoms with van der Waals surface area (Å²) in [6.45, 7) is 1.42. The van der Waals surface area contributed by atoms with Crippen molar-refractivity contribution in [3.05, 3.63) is 94.3 Å². The van der Waals surface area contributed by atoms with Crippen molar-refractivity contribution in [1.82, 2.24) is 9.55 Å². The smallest absolute Gasteiger partial charge is 0.324 e. The molecule has 0 spiro atoms. The van der Waals surface area contributed by atoms with Crippen LogP contribution < -0.4 is 10.9 Å². The van der Waals surface area contributed by atoms with Crippen LogP contribution in [0.5, 0.6) is 0 Å². The summed E-state index contributed by atoms with van der Waals surface area (Å²) in [5.74, 6) is -0.512. The molecule has 0 saturated carbocycles. The van der Waals surface area contributed by atoms with Gasteiger partial charge in [-0.25, -0.2) is 4.98 Å². The first kappa shape index (κ1) is 21.3. The number of amides is 1. The lowest BCUT2D eigenvalue weighted by Crippen LogP contribution is -2.30. The molecule has 0 radical (unpaired) electrons. The summed E-state index contributed by atoms with van der Waals surface area (Å²) in [4.78, 5) is 30.4. The molecule has 1 heterocycles. The Labute approximate surface area is 181 Å². The van der Waals surface area contributed by atoms with Crippen molar-refractivity contribution in [3.8, 4) is 11.4 Å². The van der Waals surface area contributed by atoms with Gasteiger partial charge < -0.3 is 5.32 Å². The number of para-hydroxylation sites is 2. The van der Waals surface area contributed by atoms with Crippen LogP contribution in [-0.4, -0.2) is 15.5 Å². The van der Waals surface area contributed by atoms with Gasteiger partial charge in [0.1, 0.15) is 12.4 Å². The highest BCUT2D eigenvalue weighted by atomic mass is 19.4. The first-order valence-electron chi connectivity index (χ1n) is 9.77. The van der Waals surface area contributed by atoms with Crippen molar-refractivity contribution in [2.45, 2.75) is 19.6 Å². The summed E-state index contributed by atoms with van der Waals surface area (Å²) in [5.41, 5.74) is 0.296. The fraction of sp³-hybridized carbons (Fsp3) is 0.125. The number of nitrogens with one attached hydrogen (secondary N) is 1. The second kappa shape index (κ2) is 8.30.